The molecular formula is C33H32N9O4+. The second-order valence-corrected chi connectivity index (χ2v) is 10.9. The lowest BCUT2D eigenvalue weighted by Gasteiger charge is -2.13. The fourth-order valence-corrected chi connectivity index (χ4v) is 5.54. The summed E-state index contributed by atoms with van der Waals surface area (Å²) in [4.78, 5) is 59.8. The molecule has 13 nitrogen and oxygen atoms in total. The van der Waals surface area contributed by atoms with Gasteiger partial charge in [0.2, 0.25) is 5.82 Å². The maximum absolute atomic E-state index is 13.4. The highest BCUT2D eigenvalue weighted by molar-refractivity contribution is 6.27. The number of nitrogens with one attached hydrogen (secondary N) is 5. The Morgan fingerprint density at radius 1 is 0.783 bits per heavy atom. The molecule has 0 aliphatic rings. The van der Waals surface area contributed by atoms with E-state index in [1.54, 1.807) is 17.8 Å². The molecule has 6 rings (SSSR count). The van der Waals surface area contributed by atoms with Gasteiger partial charge in [-0.15, -0.1) is 0 Å². The number of benzene rings is 4. The number of anilines is 1. The van der Waals surface area contributed by atoms with Crippen molar-refractivity contribution in [2.45, 2.75) is 12.8 Å². The van der Waals surface area contributed by atoms with Crippen LogP contribution in [0.3, 0.4) is 0 Å². The first kappa shape index (κ1) is 29.8. The number of guanidine groups is 1. The number of aryl methyl sites for hydroxylation is 1. The van der Waals surface area contributed by atoms with Crippen LogP contribution >= 0.6 is 0 Å². The molecule has 6 aromatic rings. The number of hydrogen-bond donors (Lipinski definition) is 7. The Morgan fingerprint density at radius 2 is 1.41 bits per heavy atom. The minimum Gasteiger partial charge on any atom is -0.351 e. The molecule has 0 saturated carbocycles. The van der Waals surface area contributed by atoms with Crippen molar-refractivity contribution in [1.82, 2.24) is 25.2 Å². The van der Waals surface area contributed by atoms with E-state index in [0.717, 1.165) is 32.3 Å². The van der Waals surface area contributed by atoms with Crippen molar-refractivity contribution in [1.29, 1.82) is 0 Å². The predicted molar refractivity (Wildman–Crippen MR) is 175 cm³/mol. The normalized spacial score (nSPS) is 11.2. The van der Waals surface area contributed by atoms with Crippen molar-refractivity contribution < 1.29 is 24.2 Å². The largest absolute Gasteiger partial charge is 0.351 e. The molecule has 13 heteroatoms. The third-order valence-corrected chi connectivity index (χ3v) is 7.70. The third kappa shape index (κ3) is 5.93. The van der Waals surface area contributed by atoms with Gasteiger partial charge in [0.05, 0.1) is 0 Å². The Balaban J connectivity index is 1.01. The lowest BCUT2D eigenvalue weighted by Crippen LogP contribution is -2.81. The molecule has 0 radical (unpaired) electrons. The highest BCUT2D eigenvalue weighted by atomic mass is 16.2. The van der Waals surface area contributed by atoms with Gasteiger partial charge < -0.3 is 25.5 Å². The summed E-state index contributed by atoms with van der Waals surface area (Å²) in [6, 6.07) is 21.0. The molecule has 2 aromatic heterocycles. The van der Waals surface area contributed by atoms with E-state index in [9.17, 15) is 19.2 Å². The smallest absolute Gasteiger partial charge is 0.346 e. The van der Waals surface area contributed by atoms with Crippen LogP contribution in [0.5, 0.6) is 0 Å². The summed E-state index contributed by atoms with van der Waals surface area (Å²) in [7, 11) is 1.68. The fraction of sp³-hybridized carbons (Fsp3) is 0.152. The number of carbonyl (C=O) groups is 4. The van der Waals surface area contributed by atoms with Crippen LogP contribution in [-0.2, 0) is 7.05 Å². The Kier molecular flexibility index (Phi) is 8.04. The molecule has 46 heavy (non-hydrogen) atoms. The number of rotatable bonds is 10. The summed E-state index contributed by atoms with van der Waals surface area (Å²) in [5.41, 5.74) is 11.4. The summed E-state index contributed by atoms with van der Waals surface area (Å²) < 4.78 is 1.56. The van der Waals surface area contributed by atoms with Gasteiger partial charge in [0.15, 0.2) is 5.82 Å². The van der Waals surface area contributed by atoms with Gasteiger partial charge in [-0.3, -0.25) is 25.9 Å². The lowest BCUT2D eigenvalue weighted by atomic mass is 9.92. The van der Waals surface area contributed by atoms with E-state index in [-0.39, 0.29) is 46.7 Å². The first-order valence-corrected chi connectivity index (χ1v) is 14.7. The first-order valence-electron chi connectivity index (χ1n) is 14.7. The molecule has 0 bridgehead atoms. The van der Waals surface area contributed by atoms with E-state index in [1.807, 2.05) is 30.3 Å². The third-order valence-electron chi connectivity index (χ3n) is 7.70. The standard InChI is InChI=1S/C33H31N9O4/c1-42-17-25(40-29(43)22-12-10-20-8-7-18-5-4-6-19-9-11-21(22)27(20)26(18)19)39-28(42)32(46)37-16-3-2-15-36-30(44)23-13-14-24(38-23)31(45)41-33(34)35/h4-14,17,38H,2-3,15-16H2,1H3,(H,36,44)(H,37,46)(H,40,43)(H4,34,35,41,45)/p+1. The number of amides is 4. The van der Waals surface area contributed by atoms with E-state index in [2.05, 4.69) is 55.2 Å². The maximum atomic E-state index is 13.4. The maximum Gasteiger partial charge on any atom is 0.346 e. The van der Waals surface area contributed by atoms with Crippen LogP contribution in [0.2, 0.25) is 0 Å². The van der Waals surface area contributed by atoms with Gasteiger partial charge in [0.1, 0.15) is 11.4 Å². The SMILES string of the molecule is Cn1cc(NC(=O)c2ccc3ccc4cccc5ccc2c3c45)nc1C(=O)NCCCCNC(=O)c1ccc(C(=O)[NH+]=C(N)N)[nH]1. The van der Waals surface area contributed by atoms with Crippen molar-refractivity contribution in [3.8, 4) is 0 Å². The zero-order valence-electron chi connectivity index (χ0n) is 24.9. The van der Waals surface area contributed by atoms with Crippen molar-refractivity contribution in [3.05, 3.63) is 95.7 Å². The molecule has 0 spiro atoms. The average Bonchev–Trinajstić information content (AvgIpc) is 3.68. The molecule has 2 heterocycles. The molecule has 0 fully saturated rings. The average molecular weight is 619 g/mol. The number of aromatic nitrogens is 3. The molecule has 9 N–H and O–H groups in total. The molecule has 4 aromatic carbocycles. The lowest BCUT2D eigenvalue weighted by molar-refractivity contribution is -0.347. The number of H-pyrrole nitrogens is 1. The molecule has 0 aliphatic heterocycles. The van der Waals surface area contributed by atoms with E-state index in [1.165, 1.54) is 12.1 Å². The number of hydrogen-bond acceptors (Lipinski definition) is 5. The quantitative estimate of drug-likeness (QED) is 0.0519. The molecule has 232 valence electrons. The zero-order valence-corrected chi connectivity index (χ0v) is 24.9. The van der Waals surface area contributed by atoms with E-state index >= 15 is 0 Å². The van der Waals surface area contributed by atoms with Crippen molar-refractivity contribution in [2.75, 3.05) is 18.4 Å². The number of nitrogens with two attached hydrogens (primary N) is 2. The Hall–Kier alpha value is -6.24. The highest BCUT2D eigenvalue weighted by Gasteiger charge is 2.19. The van der Waals surface area contributed by atoms with E-state index < -0.39 is 5.91 Å². The van der Waals surface area contributed by atoms with Crippen molar-refractivity contribution in [3.63, 3.8) is 0 Å². The van der Waals surface area contributed by atoms with Gasteiger partial charge in [0.25, 0.3) is 17.7 Å². The Morgan fingerprint density at radius 3 is 2.13 bits per heavy atom. The molecule has 0 saturated heterocycles. The number of carbonyl (C=O) groups excluding carboxylic acids is 4. The molecule has 0 aliphatic carbocycles. The van der Waals surface area contributed by atoms with Crippen LogP contribution in [0, 0.1) is 0 Å². The number of unbranched alkanes of at least 4 members (excludes halogenated alkanes) is 1. The molecule has 0 atom stereocenters. The fourth-order valence-electron chi connectivity index (χ4n) is 5.54. The highest BCUT2D eigenvalue weighted by Crippen LogP contribution is 2.36. The van der Waals surface area contributed by atoms with Crippen LogP contribution in [-0.4, -0.2) is 57.2 Å². The van der Waals surface area contributed by atoms with Gasteiger partial charge in [-0.1, -0.05) is 48.5 Å². The van der Waals surface area contributed by atoms with E-state index in [4.69, 9.17) is 11.5 Å². The van der Waals surface area contributed by atoms with Gasteiger partial charge in [-0.2, -0.15) is 0 Å². The topological polar surface area (TPSA) is 204 Å². The zero-order chi connectivity index (χ0) is 32.4. The van der Waals surface area contributed by atoms with Gasteiger partial charge in [-0.25, -0.2) is 14.8 Å². The van der Waals surface area contributed by atoms with Crippen LogP contribution < -0.4 is 32.4 Å². The van der Waals surface area contributed by atoms with E-state index in [0.29, 0.717) is 31.5 Å². The summed E-state index contributed by atoms with van der Waals surface area (Å²) in [6.45, 7) is 0.718. The first-order chi connectivity index (χ1) is 22.2. The molecule has 0 unspecified atom stereocenters. The van der Waals surface area contributed by atoms with Crippen LogP contribution in [0.1, 0.15) is 54.8 Å². The minimum atomic E-state index is -0.555. The number of nitrogens with zero attached hydrogens (tertiary/aromatic N) is 2. The molecular weight excluding hydrogens is 586 g/mol. The number of imidazole rings is 1. The summed E-state index contributed by atoms with van der Waals surface area (Å²) in [5, 5.41) is 14.7. The summed E-state index contributed by atoms with van der Waals surface area (Å²) in [5.74, 6) is -1.47. The Labute approximate surface area is 262 Å². The van der Waals surface area contributed by atoms with Gasteiger partial charge in [-0.05, 0) is 63.4 Å². The van der Waals surface area contributed by atoms with Gasteiger partial charge >= 0.3 is 11.9 Å². The number of aromatic amines is 1. The molecule has 4 amide bonds. The second-order valence-electron chi connectivity index (χ2n) is 10.9. The summed E-state index contributed by atoms with van der Waals surface area (Å²) in [6.07, 6.45) is 2.79. The van der Waals surface area contributed by atoms with Gasteiger partial charge in [0, 0.05) is 31.9 Å². The van der Waals surface area contributed by atoms with Crippen LogP contribution in [0.4, 0.5) is 5.82 Å². The second kappa shape index (κ2) is 12.4. The predicted octanol–water partition coefficient (Wildman–Crippen LogP) is 1.33. The van der Waals surface area contributed by atoms with Crippen molar-refractivity contribution >= 4 is 67.7 Å². The monoisotopic (exact) mass is 618 g/mol. The van der Waals surface area contributed by atoms with Crippen LogP contribution in [0.25, 0.3) is 32.3 Å². The Bertz CT molecular complexity index is 2140. The van der Waals surface area contributed by atoms with Crippen molar-refractivity contribution in [2.24, 2.45) is 18.5 Å². The minimum absolute atomic E-state index is 0.144. The van der Waals surface area contributed by atoms with Crippen LogP contribution in [0.15, 0.2) is 72.9 Å². The summed E-state index contributed by atoms with van der Waals surface area (Å²) >= 11 is 0.